The van der Waals surface area contributed by atoms with E-state index in [1.54, 1.807) is 0 Å². The first-order chi connectivity index (χ1) is 11.5. The van der Waals surface area contributed by atoms with E-state index >= 15 is 0 Å². The van der Waals surface area contributed by atoms with E-state index in [4.69, 9.17) is 12.2 Å². The van der Waals surface area contributed by atoms with Gasteiger partial charge in [0.2, 0.25) is 0 Å². The topological polar surface area (TPSA) is 24.1 Å². The predicted molar refractivity (Wildman–Crippen MR) is 109 cm³/mol. The monoisotopic (exact) mass is 340 g/mol. The summed E-state index contributed by atoms with van der Waals surface area (Å²) in [5, 5.41) is 7.26. The molecule has 3 heteroatoms. The minimum absolute atomic E-state index is 0.592. The van der Waals surface area contributed by atoms with Crippen molar-refractivity contribution in [2.24, 2.45) is 0 Å². The van der Waals surface area contributed by atoms with Crippen molar-refractivity contribution in [2.75, 3.05) is 11.9 Å². The zero-order chi connectivity index (χ0) is 17.5. The standard InChI is InChI=1S/C21H28N2S/c1-15(2)19-10-8-18(9-11-19)6-5-13-22-21(24)23-20-12-7-16(3)14-17(20)4/h7-12,14-15H,5-6,13H2,1-4H3,(H2,22,23,24). The Hall–Kier alpha value is -1.87. The molecule has 0 atom stereocenters. The quantitative estimate of drug-likeness (QED) is 0.548. The molecule has 0 radical (unpaired) electrons. The zero-order valence-electron chi connectivity index (χ0n) is 15.1. The maximum atomic E-state index is 5.38. The van der Waals surface area contributed by atoms with Crippen molar-refractivity contribution in [2.45, 2.75) is 46.5 Å². The van der Waals surface area contributed by atoms with Crippen molar-refractivity contribution in [3.63, 3.8) is 0 Å². The van der Waals surface area contributed by atoms with E-state index in [-0.39, 0.29) is 0 Å². The molecule has 0 aromatic heterocycles. The Morgan fingerprint density at radius 2 is 1.75 bits per heavy atom. The second kappa shape index (κ2) is 8.84. The van der Waals surface area contributed by atoms with Crippen LogP contribution in [0.1, 0.15) is 48.4 Å². The van der Waals surface area contributed by atoms with Crippen LogP contribution in [0.2, 0.25) is 0 Å². The van der Waals surface area contributed by atoms with Crippen molar-refractivity contribution in [1.29, 1.82) is 0 Å². The second-order valence-corrected chi connectivity index (χ2v) is 7.11. The molecule has 2 rings (SSSR count). The minimum atomic E-state index is 0.592. The van der Waals surface area contributed by atoms with Crippen molar-refractivity contribution < 1.29 is 0 Å². The minimum Gasteiger partial charge on any atom is -0.362 e. The molecule has 0 amide bonds. The van der Waals surface area contributed by atoms with Crippen molar-refractivity contribution >= 4 is 23.0 Å². The fourth-order valence-electron chi connectivity index (χ4n) is 2.68. The van der Waals surface area contributed by atoms with Gasteiger partial charge in [0.25, 0.3) is 0 Å². The van der Waals surface area contributed by atoms with Gasteiger partial charge in [0.15, 0.2) is 5.11 Å². The highest BCUT2D eigenvalue weighted by Crippen LogP contribution is 2.16. The van der Waals surface area contributed by atoms with Crippen LogP contribution < -0.4 is 10.6 Å². The fraction of sp³-hybridized carbons (Fsp3) is 0.381. The molecular formula is C21H28N2S. The van der Waals surface area contributed by atoms with Crippen LogP contribution in [-0.4, -0.2) is 11.7 Å². The Balaban J connectivity index is 1.72. The van der Waals surface area contributed by atoms with Crippen molar-refractivity contribution in [3.05, 3.63) is 64.7 Å². The lowest BCUT2D eigenvalue weighted by Gasteiger charge is -2.13. The first-order valence-electron chi connectivity index (χ1n) is 8.66. The summed E-state index contributed by atoms with van der Waals surface area (Å²) >= 11 is 5.38. The van der Waals surface area contributed by atoms with E-state index in [0.717, 1.165) is 25.1 Å². The largest absolute Gasteiger partial charge is 0.362 e. The van der Waals surface area contributed by atoms with Crippen molar-refractivity contribution in [3.8, 4) is 0 Å². The SMILES string of the molecule is Cc1ccc(NC(=S)NCCCc2ccc(C(C)C)cc2)c(C)c1. The normalized spacial score (nSPS) is 10.7. The van der Waals surface area contributed by atoms with Crippen LogP contribution in [0.4, 0.5) is 5.69 Å². The molecule has 0 saturated heterocycles. The van der Waals surface area contributed by atoms with Crippen LogP contribution in [0.3, 0.4) is 0 Å². The molecule has 24 heavy (non-hydrogen) atoms. The third-order valence-corrected chi connectivity index (χ3v) is 4.45. The van der Waals surface area contributed by atoms with E-state index in [2.05, 4.69) is 80.8 Å². The number of nitrogens with one attached hydrogen (secondary N) is 2. The van der Waals surface area contributed by atoms with Crippen LogP contribution in [-0.2, 0) is 6.42 Å². The van der Waals surface area contributed by atoms with Gasteiger partial charge in [-0.15, -0.1) is 0 Å². The molecule has 128 valence electrons. The summed E-state index contributed by atoms with van der Waals surface area (Å²) in [5.74, 6) is 0.592. The fourth-order valence-corrected chi connectivity index (χ4v) is 2.90. The highest BCUT2D eigenvalue weighted by atomic mass is 32.1. The second-order valence-electron chi connectivity index (χ2n) is 6.70. The molecular weight excluding hydrogens is 312 g/mol. The molecule has 0 aliphatic rings. The van der Waals surface area contributed by atoms with Gasteiger partial charge in [-0.1, -0.05) is 55.8 Å². The Bertz CT molecular complexity index is 675. The van der Waals surface area contributed by atoms with Crippen LogP contribution in [0.25, 0.3) is 0 Å². The van der Waals surface area contributed by atoms with Crippen molar-refractivity contribution in [1.82, 2.24) is 5.32 Å². The van der Waals surface area contributed by atoms with Crippen LogP contribution in [0, 0.1) is 13.8 Å². The van der Waals surface area contributed by atoms with Gasteiger partial charge in [-0.2, -0.15) is 0 Å². The zero-order valence-corrected chi connectivity index (χ0v) is 16.0. The molecule has 0 spiro atoms. The number of hydrogen-bond donors (Lipinski definition) is 2. The molecule has 2 N–H and O–H groups in total. The summed E-state index contributed by atoms with van der Waals surface area (Å²) in [6, 6.07) is 15.3. The molecule has 0 unspecified atom stereocenters. The highest BCUT2D eigenvalue weighted by Gasteiger charge is 2.02. The summed E-state index contributed by atoms with van der Waals surface area (Å²) in [6.45, 7) is 9.52. The lowest BCUT2D eigenvalue weighted by Crippen LogP contribution is -2.29. The van der Waals surface area contributed by atoms with Crippen LogP contribution in [0.15, 0.2) is 42.5 Å². The Morgan fingerprint density at radius 3 is 2.38 bits per heavy atom. The smallest absolute Gasteiger partial charge is 0.170 e. The van der Waals surface area contributed by atoms with E-state index in [9.17, 15) is 0 Å². The number of benzene rings is 2. The predicted octanol–water partition coefficient (Wildman–Crippen LogP) is 5.35. The molecule has 2 nitrogen and oxygen atoms in total. The molecule has 2 aromatic rings. The van der Waals surface area contributed by atoms with Gasteiger partial charge in [-0.05, 0) is 67.6 Å². The van der Waals surface area contributed by atoms with Gasteiger partial charge in [0, 0.05) is 12.2 Å². The average molecular weight is 341 g/mol. The Morgan fingerprint density at radius 1 is 1.04 bits per heavy atom. The number of thiocarbonyl (C=S) groups is 1. The lowest BCUT2D eigenvalue weighted by molar-refractivity contribution is 0.776. The first kappa shape index (κ1) is 18.5. The lowest BCUT2D eigenvalue weighted by atomic mass is 10.0. The van der Waals surface area contributed by atoms with Crippen LogP contribution in [0.5, 0.6) is 0 Å². The van der Waals surface area contributed by atoms with E-state index in [0.29, 0.717) is 11.0 Å². The van der Waals surface area contributed by atoms with Gasteiger partial charge in [0.1, 0.15) is 0 Å². The van der Waals surface area contributed by atoms with E-state index in [1.807, 2.05) is 0 Å². The summed E-state index contributed by atoms with van der Waals surface area (Å²) in [5.41, 5.74) is 6.33. The molecule has 0 heterocycles. The molecule has 0 aliphatic heterocycles. The number of hydrogen-bond acceptors (Lipinski definition) is 1. The summed E-state index contributed by atoms with van der Waals surface area (Å²) in [7, 11) is 0. The Labute approximate surface area is 151 Å². The molecule has 0 bridgehead atoms. The first-order valence-corrected chi connectivity index (χ1v) is 9.07. The average Bonchev–Trinajstić information content (AvgIpc) is 2.55. The van der Waals surface area contributed by atoms with Gasteiger partial charge >= 0.3 is 0 Å². The van der Waals surface area contributed by atoms with E-state index < -0.39 is 0 Å². The third-order valence-electron chi connectivity index (χ3n) is 4.20. The maximum Gasteiger partial charge on any atom is 0.170 e. The highest BCUT2D eigenvalue weighted by molar-refractivity contribution is 7.80. The molecule has 2 aromatic carbocycles. The molecule has 0 fully saturated rings. The van der Waals surface area contributed by atoms with Gasteiger partial charge in [-0.25, -0.2) is 0 Å². The van der Waals surface area contributed by atoms with E-state index in [1.165, 1.54) is 22.3 Å². The van der Waals surface area contributed by atoms with Gasteiger partial charge < -0.3 is 10.6 Å². The third kappa shape index (κ3) is 5.64. The van der Waals surface area contributed by atoms with Gasteiger partial charge in [-0.3, -0.25) is 0 Å². The summed E-state index contributed by atoms with van der Waals surface area (Å²) in [6.07, 6.45) is 2.13. The van der Waals surface area contributed by atoms with Crippen LogP contribution >= 0.6 is 12.2 Å². The number of aryl methyl sites for hydroxylation is 3. The summed E-state index contributed by atoms with van der Waals surface area (Å²) < 4.78 is 0. The molecule has 0 aliphatic carbocycles. The maximum absolute atomic E-state index is 5.38. The summed E-state index contributed by atoms with van der Waals surface area (Å²) in [4.78, 5) is 0. The number of rotatable bonds is 6. The Kier molecular flexibility index (Phi) is 6.80. The molecule has 0 saturated carbocycles. The van der Waals surface area contributed by atoms with Gasteiger partial charge in [0.05, 0.1) is 0 Å². The number of anilines is 1.